The van der Waals surface area contributed by atoms with Crippen LogP contribution in [-0.4, -0.2) is 30.1 Å². The van der Waals surface area contributed by atoms with E-state index >= 15 is 0 Å². The summed E-state index contributed by atoms with van der Waals surface area (Å²) in [6, 6.07) is 9.88. The topological polar surface area (TPSA) is 75.6 Å². The smallest absolute Gasteiger partial charge is 0.303 e. The molecule has 116 valence electrons. The lowest BCUT2D eigenvalue weighted by atomic mass is 10.1. The lowest BCUT2D eigenvalue weighted by molar-refractivity contribution is -0.138. The number of benzene rings is 1. The van der Waals surface area contributed by atoms with Crippen LogP contribution in [0.4, 0.5) is 0 Å². The molecule has 0 aliphatic carbocycles. The largest absolute Gasteiger partial charge is 0.481 e. The third kappa shape index (κ3) is 8.81. The van der Waals surface area contributed by atoms with Gasteiger partial charge in [0, 0.05) is 26.0 Å². The van der Waals surface area contributed by atoms with Crippen LogP contribution in [0.15, 0.2) is 30.3 Å². The minimum atomic E-state index is -0.842. The first-order valence-corrected chi connectivity index (χ1v) is 7.18. The SMILES string of the molecule is CC(CNC(=O)CCCOCc1ccccc1)CC(=O)O. The van der Waals surface area contributed by atoms with Gasteiger partial charge in [-0.3, -0.25) is 9.59 Å². The maximum absolute atomic E-state index is 11.6. The number of hydrogen-bond donors (Lipinski definition) is 2. The van der Waals surface area contributed by atoms with Crippen molar-refractivity contribution in [2.75, 3.05) is 13.2 Å². The van der Waals surface area contributed by atoms with E-state index in [1.165, 1.54) is 0 Å². The molecule has 1 atom stereocenters. The zero-order valence-corrected chi connectivity index (χ0v) is 12.4. The second-order valence-corrected chi connectivity index (χ2v) is 5.15. The Morgan fingerprint density at radius 1 is 1.29 bits per heavy atom. The molecular weight excluding hydrogens is 270 g/mol. The van der Waals surface area contributed by atoms with Crippen molar-refractivity contribution in [1.29, 1.82) is 0 Å². The molecule has 0 radical (unpaired) electrons. The number of carbonyl (C=O) groups excluding carboxylic acids is 1. The molecule has 2 N–H and O–H groups in total. The van der Waals surface area contributed by atoms with Crippen molar-refractivity contribution in [2.24, 2.45) is 5.92 Å². The van der Waals surface area contributed by atoms with E-state index in [9.17, 15) is 9.59 Å². The molecule has 0 saturated carbocycles. The number of carboxylic acid groups (broad SMARTS) is 1. The maximum atomic E-state index is 11.6. The lowest BCUT2D eigenvalue weighted by Gasteiger charge is -2.10. The molecule has 5 heteroatoms. The number of carbonyl (C=O) groups is 2. The normalized spacial score (nSPS) is 11.9. The Balaban J connectivity index is 2.02. The van der Waals surface area contributed by atoms with Gasteiger partial charge in [-0.2, -0.15) is 0 Å². The van der Waals surface area contributed by atoms with Crippen molar-refractivity contribution in [2.45, 2.75) is 32.8 Å². The second-order valence-electron chi connectivity index (χ2n) is 5.15. The van der Waals surface area contributed by atoms with Crippen LogP contribution in [0.25, 0.3) is 0 Å². The highest BCUT2D eigenvalue weighted by atomic mass is 16.5. The van der Waals surface area contributed by atoms with E-state index in [1.54, 1.807) is 6.92 Å². The molecule has 0 spiro atoms. The number of amides is 1. The Labute approximate surface area is 125 Å². The van der Waals surface area contributed by atoms with Crippen molar-refractivity contribution in [3.05, 3.63) is 35.9 Å². The van der Waals surface area contributed by atoms with Crippen LogP contribution < -0.4 is 5.32 Å². The summed E-state index contributed by atoms with van der Waals surface area (Å²) in [6.07, 6.45) is 1.13. The van der Waals surface area contributed by atoms with Gasteiger partial charge >= 0.3 is 5.97 Å². The average Bonchev–Trinajstić information content (AvgIpc) is 2.45. The first-order chi connectivity index (χ1) is 10.1. The first-order valence-electron chi connectivity index (χ1n) is 7.18. The van der Waals surface area contributed by atoms with E-state index < -0.39 is 5.97 Å². The van der Waals surface area contributed by atoms with Gasteiger partial charge in [-0.05, 0) is 17.9 Å². The number of nitrogens with one attached hydrogen (secondary N) is 1. The fourth-order valence-corrected chi connectivity index (χ4v) is 1.85. The predicted octanol–water partition coefficient (Wildman–Crippen LogP) is 2.21. The Morgan fingerprint density at radius 2 is 2.00 bits per heavy atom. The van der Waals surface area contributed by atoms with Gasteiger partial charge in [0.25, 0.3) is 0 Å². The molecule has 0 saturated heterocycles. The summed E-state index contributed by atoms with van der Waals surface area (Å²) in [5, 5.41) is 11.4. The number of carboxylic acids is 1. The van der Waals surface area contributed by atoms with Gasteiger partial charge < -0.3 is 15.2 Å². The monoisotopic (exact) mass is 293 g/mol. The highest BCUT2D eigenvalue weighted by molar-refractivity contribution is 5.75. The summed E-state index contributed by atoms with van der Waals surface area (Å²) in [4.78, 5) is 22.0. The minimum Gasteiger partial charge on any atom is -0.481 e. The molecule has 1 unspecified atom stereocenters. The van der Waals surface area contributed by atoms with Gasteiger partial charge in [0.05, 0.1) is 6.61 Å². The fourth-order valence-electron chi connectivity index (χ4n) is 1.85. The van der Waals surface area contributed by atoms with Crippen molar-refractivity contribution in [1.82, 2.24) is 5.32 Å². The third-order valence-corrected chi connectivity index (χ3v) is 2.97. The quantitative estimate of drug-likeness (QED) is 0.649. The molecule has 0 fully saturated rings. The number of hydrogen-bond acceptors (Lipinski definition) is 3. The van der Waals surface area contributed by atoms with E-state index in [1.807, 2.05) is 30.3 Å². The maximum Gasteiger partial charge on any atom is 0.303 e. The molecule has 0 heterocycles. The van der Waals surface area contributed by atoms with Crippen LogP contribution in [0.2, 0.25) is 0 Å². The highest BCUT2D eigenvalue weighted by Gasteiger charge is 2.09. The van der Waals surface area contributed by atoms with Gasteiger partial charge in [0.15, 0.2) is 0 Å². The molecule has 1 aromatic carbocycles. The van der Waals surface area contributed by atoms with Crippen LogP contribution in [0, 0.1) is 5.92 Å². The molecule has 1 aromatic rings. The van der Waals surface area contributed by atoms with Gasteiger partial charge in [-0.15, -0.1) is 0 Å². The Kier molecular flexibility index (Phi) is 8.12. The molecule has 0 aliphatic rings. The molecule has 0 aliphatic heterocycles. The van der Waals surface area contributed by atoms with Gasteiger partial charge in [0.1, 0.15) is 0 Å². The van der Waals surface area contributed by atoms with Crippen LogP contribution >= 0.6 is 0 Å². The number of rotatable bonds is 10. The summed E-state index contributed by atoms with van der Waals surface area (Å²) in [5.41, 5.74) is 1.12. The first kappa shape index (κ1) is 17.2. The molecular formula is C16H23NO4. The standard InChI is InChI=1S/C16H23NO4/c1-13(10-16(19)20)11-17-15(18)8-5-9-21-12-14-6-3-2-4-7-14/h2-4,6-7,13H,5,8-12H2,1H3,(H,17,18)(H,19,20). The minimum absolute atomic E-state index is 0.0548. The van der Waals surface area contributed by atoms with Gasteiger partial charge in [0.2, 0.25) is 5.91 Å². The van der Waals surface area contributed by atoms with E-state index in [0.717, 1.165) is 5.56 Å². The van der Waals surface area contributed by atoms with E-state index in [4.69, 9.17) is 9.84 Å². The highest BCUT2D eigenvalue weighted by Crippen LogP contribution is 2.02. The van der Waals surface area contributed by atoms with Crippen LogP contribution in [0.1, 0.15) is 31.7 Å². The number of aliphatic carboxylic acids is 1. The summed E-state index contributed by atoms with van der Waals surface area (Å²) < 4.78 is 5.49. The summed E-state index contributed by atoms with van der Waals surface area (Å²) in [5.74, 6) is -0.956. The molecule has 0 aromatic heterocycles. The molecule has 21 heavy (non-hydrogen) atoms. The third-order valence-electron chi connectivity index (χ3n) is 2.97. The van der Waals surface area contributed by atoms with Crippen molar-refractivity contribution in [3.63, 3.8) is 0 Å². The summed E-state index contributed by atoms with van der Waals surface area (Å²) in [7, 11) is 0. The van der Waals surface area contributed by atoms with Crippen molar-refractivity contribution in [3.8, 4) is 0 Å². The average molecular weight is 293 g/mol. The van der Waals surface area contributed by atoms with Crippen LogP contribution in [0.3, 0.4) is 0 Å². The number of ether oxygens (including phenoxy) is 1. The Morgan fingerprint density at radius 3 is 2.67 bits per heavy atom. The zero-order chi connectivity index (χ0) is 15.5. The zero-order valence-electron chi connectivity index (χ0n) is 12.4. The van der Waals surface area contributed by atoms with E-state index in [2.05, 4.69) is 5.32 Å². The van der Waals surface area contributed by atoms with Gasteiger partial charge in [-0.1, -0.05) is 37.3 Å². The molecule has 1 rings (SSSR count). The van der Waals surface area contributed by atoms with E-state index in [-0.39, 0.29) is 18.2 Å². The predicted molar refractivity (Wildman–Crippen MR) is 79.8 cm³/mol. The molecule has 0 bridgehead atoms. The van der Waals surface area contributed by atoms with Crippen LogP contribution in [-0.2, 0) is 20.9 Å². The Hall–Kier alpha value is -1.88. The summed E-state index contributed by atoms with van der Waals surface area (Å²) in [6.45, 7) is 3.29. The summed E-state index contributed by atoms with van der Waals surface area (Å²) >= 11 is 0. The van der Waals surface area contributed by atoms with Crippen molar-refractivity contribution >= 4 is 11.9 Å². The lowest BCUT2D eigenvalue weighted by Crippen LogP contribution is -2.29. The second kappa shape index (κ2) is 9.94. The molecule has 5 nitrogen and oxygen atoms in total. The Bertz CT molecular complexity index is 433. The van der Waals surface area contributed by atoms with Gasteiger partial charge in [-0.25, -0.2) is 0 Å². The van der Waals surface area contributed by atoms with E-state index in [0.29, 0.717) is 32.6 Å². The fraction of sp³-hybridized carbons (Fsp3) is 0.500. The molecule has 1 amide bonds. The van der Waals surface area contributed by atoms with Crippen molar-refractivity contribution < 1.29 is 19.4 Å². The van der Waals surface area contributed by atoms with Crippen LogP contribution in [0.5, 0.6) is 0 Å².